The monoisotopic (exact) mass is 207 g/mol. The Morgan fingerprint density at radius 3 is 2.47 bits per heavy atom. The Kier molecular flexibility index (Phi) is 4.37. The fourth-order valence-corrected chi connectivity index (χ4v) is 1.54. The van der Waals surface area contributed by atoms with Crippen LogP contribution in [-0.2, 0) is 0 Å². The molecule has 1 aromatic rings. The normalized spacial score (nSPS) is 12.8. The van der Waals surface area contributed by atoms with Gasteiger partial charge < -0.3 is 5.73 Å². The van der Waals surface area contributed by atoms with E-state index in [1.54, 1.807) is 12.4 Å². The molecule has 1 rings (SSSR count). The summed E-state index contributed by atoms with van der Waals surface area (Å²) in [5.41, 5.74) is 6.15. The highest BCUT2D eigenvalue weighted by Gasteiger charge is 2.19. The van der Waals surface area contributed by atoms with Gasteiger partial charge in [0.05, 0.1) is 5.56 Å². The molecule has 0 radical (unpaired) electrons. The molecule has 1 heterocycles. The van der Waals surface area contributed by atoms with E-state index in [-0.39, 0.29) is 11.7 Å². The van der Waals surface area contributed by atoms with Crippen molar-refractivity contribution in [3.05, 3.63) is 24.3 Å². The molecule has 0 aliphatic heterocycles. The molecule has 0 aromatic carbocycles. The maximum Gasteiger partial charge on any atom is 0.170 e. The first-order valence-electron chi connectivity index (χ1n) is 5.14. The molecular formula is C11H17N3O. The highest BCUT2D eigenvalue weighted by molar-refractivity contribution is 5.97. The van der Waals surface area contributed by atoms with E-state index in [1.807, 2.05) is 0 Å². The largest absolute Gasteiger partial charge is 0.330 e. The van der Waals surface area contributed by atoms with Gasteiger partial charge in [0, 0.05) is 24.9 Å². The zero-order chi connectivity index (χ0) is 11.3. The Morgan fingerprint density at radius 2 is 2.00 bits per heavy atom. The Balaban J connectivity index is 2.74. The molecule has 0 bridgehead atoms. The molecule has 0 saturated heterocycles. The first kappa shape index (κ1) is 11.8. The highest BCUT2D eigenvalue weighted by Crippen LogP contribution is 2.15. The van der Waals surface area contributed by atoms with Gasteiger partial charge in [-0.2, -0.15) is 0 Å². The minimum atomic E-state index is -0.115. The standard InChI is InChI=1S/C11H17N3O/c1-8(2)3-9(4-12)11(15)10-5-13-7-14-6-10/h5-9H,3-4,12H2,1-2H3. The number of carbonyl (C=O) groups excluding carboxylic acids is 1. The maximum absolute atomic E-state index is 12.0. The van der Waals surface area contributed by atoms with Gasteiger partial charge in [0.1, 0.15) is 6.33 Å². The molecule has 1 aromatic heterocycles. The second kappa shape index (κ2) is 5.56. The Morgan fingerprint density at radius 1 is 1.40 bits per heavy atom. The van der Waals surface area contributed by atoms with Gasteiger partial charge >= 0.3 is 0 Å². The van der Waals surface area contributed by atoms with Crippen LogP contribution in [0.25, 0.3) is 0 Å². The van der Waals surface area contributed by atoms with Crippen molar-refractivity contribution in [3.8, 4) is 0 Å². The van der Waals surface area contributed by atoms with E-state index in [0.717, 1.165) is 6.42 Å². The number of nitrogens with zero attached hydrogens (tertiary/aromatic N) is 2. The predicted octanol–water partition coefficient (Wildman–Crippen LogP) is 1.28. The number of ketones is 1. The lowest BCUT2D eigenvalue weighted by Crippen LogP contribution is -2.25. The summed E-state index contributed by atoms with van der Waals surface area (Å²) in [6.07, 6.45) is 5.30. The van der Waals surface area contributed by atoms with E-state index in [2.05, 4.69) is 23.8 Å². The summed E-state index contributed by atoms with van der Waals surface area (Å²) < 4.78 is 0. The van der Waals surface area contributed by atoms with E-state index < -0.39 is 0 Å². The van der Waals surface area contributed by atoms with Crippen LogP contribution in [0.2, 0.25) is 0 Å². The van der Waals surface area contributed by atoms with Gasteiger partial charge in [-0.05, 0) is 12.3 Å². The summed E-state index contributed by atoms with van der Waals surface area (Å²) in [4.78, 5) is 19.6. The van der Waals surface area contributed by atoms with Crippen molar-refractivity contribution in [1.82, 2.24) is 9.97 Å². The zero-order valence-corrected chi connectivity index (χ0v) is 9.18. The van der Waals surface area contributed by atoms with Gasteiger partial charge in [-0.1, -0.05) is 13.8 Å². The van der Waals surface area contributed by atoms with Crippen molar-refractivity contribution in [3.63, 3.8) is 0 Å². The molecule has 4 nitrogen and oxygen atoms in total. The van der Waals surface area contributed by atoms with Crippen molar-refractivity contribution in [2.75, 3.05) is 6.54 Å². The van der Waals surface area contributed by atoms with Gasteiger partial charge in [0.15, 0.2) is 5.78 Å². The van der Waals surface area contributed by atoms with E-state index in [9.17, 15) is 4.79 Å². The lowest BCUT2D eigenvalue weighted by atomic mass is 9.91. The predicted molar refractivity (Wildman–Crippen MR) is 58.4 cm³/mol. The van der Waals surface area contributed by atoms with Crippen LogP contribution >= 0.6 is 0 Å². The number of aromatic nitrogens is 2. The number of hydrogen-bond donors (Lipinski definition) is 1. The van der Waals surface area contributed by atoms with Crippen LogP contribution in [0.4, 0.5) is 0 Å². The summed E-state index contributed by atoms with van der Waals surface area (Å²) in [6, 6.07) is 0. The molecule has 0 saturated carbocycles. The van der Waals surface area contributed by atoms with Gasteiger partial charge in [-0.15, -0.1) is 0 Å². The summed E-state index contributed by atoms with van der Waals surface area (Å²) >= 11 is 0. The lowest BCUT2D eigenvalue weighted by molar-refractivity contribution is 0.0908. The molecule has 0 fully saturated rings. The van der Waals surface area contributed by atoms with Crippen molar-refractivity contribution >= 4 is 5.78 Å². The third-order valence-electron chi connectivity index (χ3n) is 2.26. The third-order valence-corrected chi connectivity index (χ3v) is 2.26. The van der Waals surface area contributed by atoms with Crippen molar-refractivity contribution in [2.45, 2.75) is 20.3 Å². The second-order valence-corrected chi connectivity index (χ2v) is 4.05. The minimum absolute atomic E-state index is 0.0480. The van der Waals surface area contributed by atoms with E-state index in [0.29, 0.717) is 18.0 Å². The van der Waals surface area contributed by atoms with Gasteiger partial charge in [-0.25, -0.2) is 9.97 Å². The molecule has 1 atom stereocenters. The molecule has 0 amide bonds. The molecule has 15 heavy (non-hydrogen) atoms. The fraction of sp³-hybridized carbons (Fsp3) is 0.545. The van der Waals surface area contributed by atoms with Crippen LogP contribution in [0.15, 0.2) is 18.7 Å². The summed E-state index contributed by atoms with van der Waals surface area (Å²) in [6.45, 7) is 4.54. The Labute approximate surface area is 89.9 Å². The van der Waals surface area contributed by atoms with Crippen LogP contribution < -0.4 is 5.73 Å². The smallest absolute Gasteiger partial charge is 0.170 e. The molecule has 0 spiro atoms. The first-order valence-corrected chi connectivity index (χ1v) is 5.14. The van der Waals surface area contributed by atoms with Crippen LogP contribution in [0.1, 0.15) is 30.6 Å². The Bertz CT molecular complexity index is 311. The average molecular weight is 207 g/mol. The van der Waals surface area contributed by atoms with Crippen molar-refractivity contribution in [2.24, 2.45) is 17.6 Å². The molecule has 4 heteroatoms. The quantitative estimate of drug-likeness (QED) is 0.738. The van der Waals surface area contributed by atoms with E-state index in [1.165, 1.54) is 6.33 Å². The van der Waals surface area contributed by atoms with Gasteiger partial charge in [0.2, 0.25) is 0 Å². The number of rotatable bonds is 5. The minimum Gasteiger partial charge on any atom is -0.330 e. The van der Waals surface area contributed by atoms with E-state index >= 15 is 0 Å². The van der Waals surface area contributed by atoms with Crippen molar-refractivity contribution < 1.29 is 4.79 Å². The molecule has 0 aliphatic carbocycles. The average Bonchev–Trinajstić information content (AvgIpc) is 2.26. The molecule has 2 N–H and O–H groups in total. The molecule has 0 aliphatic rings. The van der Waals surface area contributed by atoms with Gasteiger partial charge in [-0.3, -0.25) is 4.79 Å². The fourth-order valence-electron chi connectivity index (χ4n) is 1.54. The van der Waals surface area contributed by atoms with E-state index in [4.69, 9.17) is 5.73 Å². The zero-order valence-electron chi connectivity index (χ0n) is 9.18. The van der Waals surface area contributed by atoms with Gasteiger partial charge in [0.25, 0.3) is 0 Å². The molecule has 1 unspecified atom stereocenters. The topological polar surface area (TPSA) is 68.9 Å². The highest BCUT2D eigenvalue weighted by atomic mass is 16.1. The number of hydrogen-bond acceptors (Lipinski definition) is 4. The summed E-state index contributed by atoms with van der Waals surface area (Å²) in [5.74, 6) is 0.398. The third kappa shape index (κ3) is 3.40. The van der Waals surface area contributed by atoms with Crippen LogP contribution in [-0.4, -0.2) is 22.3 Å². The van der Waals surface area contributed by atoms with Crippen LogP contribution in [0, 0.1) is 11.8 Å². The Hall–Kier alpha value is -1.29. The lowest BCUT2D eigenvalue weighted by Gasteiger charge is -2.15. The first-order chi connectivity index (χ1) is 7.15. The number of carbonyl (C=O) groups is 1. The second-order valence-electron chi connectivity index (χ2n) is 4.05. The van der Waals surface area contributed by atoms with Crippen LogP contribution in [0.5, 0.6) is 0 Å². The summed E-state index contributed by atoms with van der Waals surface area (Å²) in [5, 5.41) is 0. The number of Topliss-reactive ketones (excluding diaryl/α,β-unsaturated/α-hetero) is 1. The summed E-state index contributed by atoms with van der Waals surface area (Å²) in [7, 11) is 0. The molecular weight excluding hydrogens is 190 g/mol. The molecule has 82 valence electrons. The van der Waals surface area contributed by atoms with Crippen LogP contribution in [0.3, 0.4) is 0 Å². The SMILES string of the molecule is CC(C)CC(CN)C(=O)c1cncnc1. The maximum atomic E-state index is 12.0. The van der Waals surface area contributed by atoms with Crippen molar-refractivity contribution in [1.29, 1.82) is 0 Å². The number of nitrogens with two attached hydrogens (primary N) is 1.